The van der Waals surface area contributed by atoms with Gasteiger partial charge in [0.1, 0.15) is 18.0 Å². The molecule has 0 radical (unpaired) electrons. The van der Waals surface area contributed by atoms with Crippen LogP contribution in [-0.4, -0.2) is 17.8 Å². The Labute approximate surface area is 201 Å². The highest BCUT2D eigenvalue weighted by molar-refractivity contribution is 9.10. The van der Waals surface area contributed by atoms with Crippen molar-refractivity contribution in [2.75, 3.05) is 4.90 Å². The van der Waals surface area contributed by atoms with E-state index in [9.17, 15) is 18.8 Å². The van der Waals surface area contributed by atoms with E-state index in [2.05, 4.69) is 21.2 Å². The summed E-state index contributed by atoms with van der Waals surface area (Å²) >= 11 is 9.79. The van der Waals surface area contributed by atoms with Crippen molar-refractivity contribution in [1.82, 2.24) is 5.32 Å². The summed E-state index contributed by atoms with van der Waals surface area (Å²) in [7, 11) is 0. The second-order valence-electron chi connectivity index (χ2n) is 7.02. The number of carbonyl (C=O) groups is 3. The van der Waals surface area contributed by atoms with Gasteiger partial charge in [0.15, 0.2) is 5.75 Å². The van der Waals surface area contributed by atoms with Crippen LogP contribution in [-0.2, 0) is 16.2 Å². The summed E-state index contributed by atoms with van der Waals surface area (Å²) in [5, 5.41) is 2.38. The summed E-state index contributed by atoms with van der Waals surface area (Å²) in [5.41, 5.74) is 1.24. The number of benzene rings is 3. The van der Waals surface area contributed by atoms with Gasteiger partial charge < -0.3 is 4.74 Å². The lowest BCUT2D eigenvalue weighted by Gasteiger charge is -2.26. The number of nitrogens with zero attached hydrogens (tertiary/aromatic N) is 1. The third-order valence-electron chi connectivity index (χ3n) is 4.74. The van der Waals surface area contributed by atoms with Crippen molar-refractivity contribution in [1.29, 1.82) is 0 Å². The number of anilines is 1. The first kappa shape index (κ1) is 22.7. The van der Waals surface area contributed by atoms with E-state index in [1.165, 1.54) is 18.2 Å². The molecule has 166 valence electrons. The third kappa shape index (κ3) is 4.97. The van der Waals surface area contributed by atoms with Crippen molar-refractivity contribution in [3.05, 3.63) is 98.7 Å². The van der Waals surface area contributed by atoms with Crippen LogP contribution in [0.15, 0.2) is 76.8 Å². The number of barbiturate groups is 1. The van der Waals surface area contributed by atoms with Crippen LogP contribution < -0.4 is 15.0 Å². The van der Waals surface area contributed by atoms with Crippen LogP contribution in [0, 0.1) is 5.82 Å². The van der Waals surface area contributed by atoms with E-state index >= 15 is 0 Å². The molecule has 9 heteroatoms. The van der Waals surface area contributed by atoms with E-state index in [1.807, 2.05) is 30.3 Å². The molecule has 0 bridgehead atoms. The van der Waals surface area contributed by atoms with Crippen LogP contribution in [0.25, 0.3) is 6.08 Å². The molecule has 0 unspecified atom stereocenters. The lowest BCUT2D eigenvalue weighted by molar-refractivity contribution is -0.122. The Morgan fingerprint density at radius 2 is 1.73 bits per heavy atom. The molecule has 0 aliphatic carbocycles. The largest absolute Gasteiger partial charge is 0.486 e. The van der Waals surface area contributed by atoms with Crippen LogP contribution in [0.2, 0.25) is 5.02 Å². The fourth-order valence-electron chi connectivity index (χ4n) is 3.18. The molecule has 1 saturated heterocycles. The molecule has 0 saturated carbocycles. The molecule has 4 amide bonds. The molecule has 0 aromatic heterocycles. The van der Waals surface area contributed by atoms with E-state index in [4.69, 9.17) is 16.3 Å². The van der Waals surface area contributed by atoms with Crippen molar-refractivity contribution in [3.8, 4) is 5.75 Å². The molecule has 4 rings (SSSR count). The quantitative estimate of drug-likeness (QED) is 0.350. The minimum atomic E-state index is -0.919. The number of urea groups is 1. The number of nitrogens with one attached hydrogen (secondary N) is 1. The highest BCUT2D eigenvalue weighted by Gasteiger charge is 2.36. The number of hydrogen-bond acceptors (Lipinski definition) is 4. The first-order valence-electron chi connectivity index (χ1n) is 9.66. The SMILES string of the molecule is O=C1NC(=O)N(c2ccc(F)cc2)C(=O)/C1=C/c1cc(Cl)c(OCc2ccccc2)c(Br)c1. The van der Waals surface area contributed by atoms with Crippen molar-refractivity contribution < 1.29 is 23.5 Å². The van der Waals surface area contributed by atoms with Crippen molar-refractivity contribution in [3.63, 3.8) is 0 Å². The number of halogens is 3. The summed E-state index contributed by atoms with van der Waals surface area (Å²) in [4.78, 5) is 38.3. The fourth-order valence-corrected chi connectivity index (χ4v) is 4.17. The van der Waals surface area contributed by atoms with Gasteiger partial charge in [-0.2, -0.15) is 0 Å². The Morgan fingerprint density at radius 3 is 2.39 bits per heavy atom. The molecule has 1 aliphatic rings. The van der Waals surface area contributed by atoms with Gasteiger partial charge in [-0.3, -0.25) is 14.9 Å². The summed E-state index contributed by atoms with van der Waals surface area (Å²) in [6.07, 6.45) is 1.32. The molecule has 1 heterocycles. The van der Waals surface area contributed by atoms with Crippen molar-refractivity contribution >= 4 is 57.1 Å². The lowest BCUT2D eigenvalue weighted by Crippen LogP contribution is -2.54. The van der Waals surface area contributed by atoms with Crippen LogP contribution in [0.5, 0.6) is 5.75 Å². The maximum Gasteiger partial charge on any atom is 0.335 e. The van der Waals surface area contributed by atoms with Gasteiger partial charge in [0.2, 0.25) is 0 Å². The Bertz CT molecular complexity index is 1260. The van der Waals surface area contributed by atoms with Crippen LogP contribution in [0.4, 0.5) is 14.9 Å². The highest BCUT2D eigenvalue weighted by atomic mass is 79.9. The monoisotopic (exact) mass is 528 g/mol. The highest BCUT2D eigenvalue weighted by Crippen LogP contribution is 2.36. The van der Waals surface area contributed by atoms with Gasteiger partial charge in [0.05, 0.1) is 15.2 Å². The zero-order valence-electron chi connectivity index (χ0n) is 16.8. The Hall–Kier alpha value is -3.49. The van der Waals surface area contributed by atoms with Gasteiger partial charge in [-0.1, -0.05) is 41.9 Å². The minimum Gasteiger partial charge on any atom is -0.486 e. The van der Waals surface area contributed by atoms with Crippen molar-refractivity contribution in [2.24, 2.45) is 0 Å². The number of ether oxygens (including phenoxy) is 1. The Morgan fingerprint density at radius 1 is 1.03 bits per heavy atom. The Kier molecular flexibility index (Phi) is 6.57. The average molecular weight is 530 g/mol. The molecule has 0 atom stereocenters. The van der Waals surface area contributed by atoms with E-state index < -0.39 is 23.7 Å². The molecule has 6 nitrogen and oxygen atoms in total. The molecule has 1 fully saturated rings. The third-order valence-corrected chi connectivity index (χ3v) is 5.61. The standard InChI is InChI=1S/C24H15BrClFN2O4/c25-19-11-15(12-20(26)21(19)33-13-14-4-2-1-3-5-14)10-18-22(30)28-24(32)29(23(18)31)17-8-6-16(27)7-9-17/h1-12H,13H2,(H,28,30,32)/b18-10+. The normalized spacial score (nSPS) is 15.1. The first-order valence-corrected chi connectivity index (χ1v) is 10.8. The van der Waals surface area contributed by atoms with Crippen LogP contribution in [0.3, 0.4) is 0 Å². The molecule has 33 heavy (non-hydrogen) atoms. The maximum atomic E-state index is 13.2. The maximum absolute atomic E-state index is 13.2. The smallest absolute Gasteiger partial charge is 0.335 e. The van der Waals surface area contributed by atoms with Gasteiger partial charge in [-0.15, -0.1) is 0 Å². The van der Waals surface area contributed by atoms with E-state index in [0.717, 1.165) is 22.6 Å². The Balaban J connectivity index is 1.61. The van der Waals surface area contributed by atoms with Crippen LogP contribution >= 0.6 is 27.5 Å². The second kappa shape index (κ2) is 9.56. The molecule has 3 aromatic rings. The van der Waals surface area contributed by atoms with Gasteiger partial charge in [0.25, 0.3) is 11.8 Å². The van der Waals surface area contributed by atoms with Gasteiger partial charge in [-0.05, 0) is 69.5 Å². The molecule has 1 N–H and O–H groups in total. The zero-order chi connectivity index (χ0) is 23.5. The predicted molar refractivity (Wildman–Crippen MR) is 125 cm³/mol. The number of imide groups is 2. The summed E-state index contributed by atoms with van der Waals surface area (Å²) in [6.45, 7) is 0.301. The summed E-state index contributed by atoms with van der Waals surface area (Å²) in [5.74, 6) is -1.80. The number of carbonyl (C=O) groups excluding carboxylic acids is 3. The first-order chi connectivity index (χ1) is 15.8. The second-order valence-corrected chi connectivity index (χ2v) is 8.28. The topological polar surface area (TPSA) is 75.7 Å². The van der Waals surface area contributed by atoms with Gasteiger partial charge in [-0.25, -0.2) is 14.1 Å². The molecule has 1 aliphatic heterocycles. The minimum absolute atomic E-state index is 0.126. The van der Waals surface area contributed by atoms with E-state index in [-0.39, 0.29) is 16.3 Å². The summed E-state index contributed by atoms with van der Waals surface area (Å²) < 4.78 is 19.6. The zero-order valence-corrected chi connectivity index (χ0v) is 19.2. The van der Waals surface area contributed by atoms with Crippen molar-refractivity contribution in [2.45, 2.75) is 6.61 Å². The van der Waals surface area contributed by atoms with Gasteiger partial charge in [0, 0.05) is 0 Å². The predicted octanol–water partition coefficient (Wildman–Crippen LogP) is 5.49. The molecular weight excluding hydrogens is 515 g/mol. The van der Waals surface area contributed by atoms with Crippen LogP contribution in [0.1, 0.15) is 11.1 Å². The van der Waals surface area contributed by atoms with Gasteiger partial charge >= 0.3 is 6.03 Å². The van der Waals surface area contributed by atoms with E-state index in [1.54, 1.807) is 12.1 Å². The fraction of sp³-hybridized carbons (Fsp3) is 0.0417. The number of rotatable bonds is 5. The molecular formula is C24H15BrClFN2O4. The number of hydrogen-bond donors (Lipinski definition) is 1. The molecule has 3 aromatic carbocycles. The summed E-state index contributed by atoms with van der Waals surface area (Å²) in [6, 6.07) is 16.6. The molecule has 0 spiro atoms. The lowest BCUT2D eigenvalue weighted by atomic mass is 10.1. The average Bonchev–Trinajstić information content (AvgIpc) is 2.78. The number of amides is 4. The van der Waals surface area contributed by atoms with E-state index in [0.29, 0.717) is 22.4 Å².